The summed E-state index contributed by atoms with van der Waals surface area (Å²) < 4.78 is 23.8. The first-order valence-electron chi connectivity index (χ1n) is 2.93. The number of hydrogen-bond donors (Lipinski definition) is 1. The Balaban J connectivity index is 4.02. The van der Waals surface area contributed by atoms with Gasteiger partial charge in [-0.05, 0) is 13.8 Å². The smallest absolute Gasteiger partial charge is 0.214 e. The van der Waals surface area contributed by atoms with Crippen LogP contribution in [0.1, 0.15) is 13.8 Å². The molecular weight excluding hydrogens is 154 g/mol. The van der Waals surface area contributed by atoms with Crippen molar-refractivity contribution in [3.05, 3.63) is 0 Å². The van der Waals surface area contributed by atoms with Gasteiger partial charge in [-0.2, -0.15) is 0 Å². The highest BCUT2D eigenvalue weighted by Gasteiger charge is 2.13. The Bertz CT molecular complexity index is 195. The standard InChI is InChI=1S/C5H11NO3S/c1-5(2)10(8,9)6-3-4-7/h4-6H,3H2,1-2H3. The molecular formula is C5H11NO3S. The fraction of sp³-hybridized carbons (Fsp3) is 0.800. The first-order valence-corrected chi connectivity index (χ1v) is 4.47. The summed E-state index contributed by atoms with van der Waals surface area (Å²) in [6, 6.07) is 0. The molecule has 0 radical (unpaired) electrons. The van der Waals surface area contributed by atoms with Gasteiger partial charge < -0.3 is 4.79 Å². The van der Waals surface area contributed by atoms with Gasteiger partial charge in [0.2, 0.25) is 10.0 Å². The second kappa shape index (κ2) is 3.68. The lowest BCUT2D eigenvalue weighted by molar-refractivity contribution is -0.106. The van der Waals surface area contributed by atoms with Crippen molar-refractivity contribution in [2.45, 2.75) is 19.1 Å². The third-order valence-corrected chi connectivity index (χ3v) is 2.80. The fourth-order valence-electron chi connectivity index (χ4n) is 0.317. The minimum atomic E-state index is -3.24. The van der Waals surface area contributed by atoms with Crippen LogP contribution in [0.5, 0.6) is 0 Å². The van der Waals surface area contributed by atoms with Crippen LogP contribution >= 0.6 is 0 Å². The maximum atomic E-state index is 10.8. The Hall–Kier alpha value is -0.420. The summed E-state index contributed by atoms with van der Waals surface area (Å²) in [5, 5.41) is -0.479. The second-order valence-corrected chi connectivity index (χ2v) is 4.43. The van der Waals surface area contributed by atoms with Crippen molar-refractivity contribution in [1.29, 1.82) is 0 Å². The van der Waals surface area contributed by atoms with E-state index in [9.17, 15) is 13.2 Å². The van der Waals surface area contributed by atoms with Gasteiger partial charge >= 0.3 is 0 Å². The van der Waals surface area contributed by atoms with Crippen LogP contribution in [0.4, 0.5) is 0 Å². The highest BCUT2D eigenvalue weighted by molar-refractivity contribution is 7.90. The molecule has 0 heterocycles. The molecule has 0 rings (SSSR count). The van der Waals surface area contributed by atoms with Gasteiger partial charge in [-0.25, -0.2) is 13.1 Å². The van der Waals surface area contributed by atoms with Crippen molar-refractivity contribution < 1.29 is 13.2 Å². The van der Waals surface area contributed by atoms with Gasteiger partial charge in [0, 0.05) is 0 Å². The molecule has 0 saturated heterocycles. The summed E-state index contributed by atoms with van der Waals surface area (Å²) in [6.07, 6.45) is 0.514. The van der Waals surface area contributed by atoms with Crippen LogP contribution in [0.25, 0.3) is 0 Å². The van der Waals surface area contributed by atoms with Gasteiger partial charge in [0.1, 0.15) is 6.29 Å². The van der Waals surface area contributed by atoms with Crippen molar-refractivity contribution in [1.82, 2.24) is 4.72 Å². The lowest BCUT2D eigenvalue weighted by atomic mass is 10.6. The maximum Gasteiger partial charge on any atom is 0.214 e. The van der Waals surface area contributed by atoms with E-state index in [4.69, 9.17) is 0 Å². The van der Waals surface area contributed by atoms with Crippen LogP contribution in [-0.2, 0) is 14.8 Å². The zero-order valence-corrected chi connectivity index (χ0v) is 6.81. The number of sulfonamides is 1. The molecule has 0 aliphatic carbocycles. The lowest BCUT2D eigenvalue weighted by Crippen LogP contribution is -2.31. The summed E-state index contributed by atoms with van der Waals surface area (Å²) >= 11 is 0. The number of carbonyl (C=O) groups excluding carboxylic acids is 1. The molecule has 4 nitrogen and oxygen atoms in total. The first kappa shape index (κ1) is 9.58. The quantitative estimate of drug-likeness (QED) is 0.572. The van der Waals surface area contributed by atoms with Crippen LogP contribution in [0.3, 0.4) is 0 Å². The zero-order chi connectivity index (χ0) is 8.20. The van der Waals surface area contributed by atoms with Crippen molar-refractivity contribution in [3.8, 4) is 0 Å². The molecule has 0 saturated carbocycles. The molecule has 0 atom stereocenters. The SMILES string of the molecule is CC(C)S(=O)(=O)NCC=O. The minimum absolute atomic E-state index is 0.138. The Morgan fingerprint density at radius 2 is 2.00 bits per heavy atom. The third kappa shape index (κ3) is 2.93. The van der Waals surface area contributed by atoms with Gasteiger partial charge in [-0.3, -0.25) is 0 Å². The van der Waals surface area contributed by atoms with E-state index in [0.717, 1.165) is 0 Å². The molecule has 0 aromatic carbocycles. The highest BCUT2D eigenvalue weighted by atomic mass is 32.2. The normalized spacial score (nSPS) is 11.9. The van der Waals surface area contributed by atoms with Gasteiger partial charge in [-0.1, -0.05) is 0 Å². The molecule has 0 aromatic rings. The molecule has 0 unspecified atom stereocenters. The van der Waals surface area contributed by atoms with Crippen LogP contribution in [0.15, 0.2) is 0 Å². The van der Waals surface area contributed by atoms with Crippen LogP contribution < -0.4 is 4.72 Å². The second-order valence-electron chi connectivity index (χ2n) is 2.11. The summed E-state index contributed by atoms with van der Waals surface area (Å²) in [4.78, 5) is 9.75. The van der Waals surface area contributed by atoms with Gasteiger partial charge in [-0.15, -0.1) is 0 Å². The van der Waals surface area contributed by atoms with E-state index in [0.29, 0.717) is 6.29 Å². The number of rotatable bonds is 4. The zero-order valence-electron chi connectivity index (χ0n) is 5.99. The van der Waals surface area contributed by atoms with Gasteiger partial charge in [0.05, 0.1) is 11.8 Å². The van der Waals surface area contributed by atoms with E-state index < -0.39 is 15.3 Å². The molecule has 0 amide bonds. The molecule has 10 heavy (non-hydrogen) atoms. The number of nitrogens with one attached hydrogen (secondary N) is 1. The average molecular weight is 165 g/mol. The average Bonchev–Trinajstić information content (AvgIpc) is 1.84. The predicted octanol–water partition coefficient (Wildman–Crippen LogP) is -0.487. The number of hydrogen-bond acceptors (Lipinski definition) is 3. The first-order chi connectivity index (χ1) is 4.50. The van der Waals surface area contributed by atoms with E-state index in [1.165, 1.54) is 0 Å². The van der Waals surface area contributed by atoms with Crippen molar-refractivity contribution >= 4 is 16.3 Å². The summed E-state index contributed by atoms with van der Waals surface area (Å²) in [6.45, 7) is 2.96. The van der Waals surface area contributed by atoms with Crippen LogP contribution in [0.2, 0.25) is 0 Å². The van der Waals surface area contributed by atoms with E-state index >= 15 is 0 Å². The van der Waals surface area contributed by atoms with Crippen molar-refractivity contribution in [2.75, 3.05) is 6.54 Å². The Morgan fingerprint density at radius 1 is 1.50 bits per heavy atom. The molecule has 0 bridgehead atoms. The van der Waals surface area contributed by atoms with E-state index in [1.54, 1.807) is 13.8 Å². The number of aldehydes is 1. The molecule has 1 N–H and O–H groups in total. The fourth-order valence-corrected chi connectivity index (χ4v) is 0.951. The van der Waals surface area contributed by atoms with Gasteiger partial charge in [0.15, 0.2) is 0 Å². The monoisotopic (exact) mass is 165 g/mol. The summed E-state index contributed by atoms with van der Waals surface area (Å²) in [5.74, 6) is 0. The summed E-state index contributed by atoms with van der Waals surface area (Å²) in [5.41, 5.74) is 0. The Morgan fingerprint density at radius 3 is 2.30 bits per heavy atom. The van der Waals surface area contributed by atoms with Crippen molar-refractivity contribution in [2.24, 2.45) is 0 Å². The molecule has 5 heteroatoms. The van der Waals surface area contributed by atoms with Crippen LogP contribution in [0, 0.1) is 0 Å². The van der Waals surface area contributed by atoms with Crippen molar-refractivity contribution in [3.63, 3.8) is 0 Å². The molecule has 0 aliphatic rings. The molecule has 60 valence electrons. The highest BCUT2D eigenvalue weighted by Crippen LogP contribution is 1.93. The third-order valence-electron chi connectivity index (χ3n) is 0.988. The van der Waals surface area contributed by atoms with Crippen LogP contribution in [-0.4, -0.2) is 26.5 Å². The molecule has 0 aliphatic heterocycles. The minimum Gasteiger partial charge on any atom is -0.302 e. The topological polar surface area (TPSA) is 63.2 Å². The number of carbonyl (C=O) groups is 1. The summed E-state index contributed by atoms with van der Waals surface area (Å²) in [7, 11) is -3.24. The largest absolute Gasteiger partial charge is 0.302 e. The van der Waals surface area contributed by atoms with E-state index in [1.807, 2.05) is 0 Å². The Labute approximate surface area is 60.7 Å². The molecule has 0 aromatic heterocycles. The predicted molar refractivity (Wildman–Crippen MR) is 38.1 cm³/mol. The lowest BCUT2D eigenvalue weighted by Gasteiger charge is -2.05. The van der Waals surface area contributed by atoms with E-state index in [2.05, 4.69) is 4.72 Å². The van der Waals surface area contributed by atoms with Gasteiger partial charge in [0.25, 0.3) is 0 Å². The maximum absolute atomic E-state index is 10.8. The molecule has 0 fully saturated rings. The molecule has 0 spiro atoms. The Kier molecular flexibility index (Phi) is 3.52. The van der Waals surface area contributed by atoms with E-state index in [-0.39, 0.29) is 6.54 Å².